The molecule has 7 heteroatoms. The van der Waals surface area contributed by atoms with Crippen molar-refractivity contribution in [3.05, 3.63) is 35.4 Å². The lowest BCUT2D eigenvalue weighted by atomic mass is 9.80. The zero-order valence-electron chi connectivity index (χ0n) is 12.4. The summed E-state index contributed by atoms with van der Waals surface area (Å²) >= 11 is 0. The Kier molecular flexibility index (Phi) is 3.91. The van der Waals surface area contributed by atoms with Gasteiger partial charge in [-0.15, -0.1) is 0 Å². The van der Waals surface area contributed by atoms with E-state index in [4.69, 9.17) is 0 Å². The summed E-state index contributed by atoms with van der Waals surface area (Å²) < 4.78 is 40.6. The molecule has 23 heavy (non-hydrogen) atoms. The number of carbonyl (C=O) groups excluding carboxylic acids is 2. The number of hydrogen-bond donors (Lipinski definition) is 0. The van der Waals surface area contributed by atoms with Crippen LogP contribution >= 0.6 is 0 Å². The Morgan fingerprint density at radius 1 is 1.22 bits per heavy atom. The van der Waals surface area contributed by atoms with E-state index in [2.05, 4.69) is 4.74 Å². The van der Waals surface area contributed by atoms with Crippen LogP contribution in [-0.4, -0.2) is 42.6 Å². The molecule has 124 valence electrons. The van der Waals surface area contributed by atoms with Crippen LogP contribution in [0.25, 0.3) is 0 Å². The van der Waals surface area contributed by atoms with Gasteiger partial charge in [0.1, 0.15) is 6.61 Å². The largest absolute Gasteiger partial charge is 0.411 e. The Hall–Kier alpha value is -1.89. The first-order valence-electron chi connectivity index (χ1n) is 7.41. The number of nitrogens with zero attached hydrogens (tertiary/aromatic N) is 1. The number of amides is 2. The first-order chi connectivity index (χ1) is 10.8. The summed E-state index contributed by atoms with van der Waals surface area (Å²) in [5.41, 5.74) is 1.10. The maximum absolute atomic E-state index is 12.7. The van der Waals surface area contributed by atoms with Gasteiger partial charge in [-0.3, -0.25) is 14.5 Å². The van der Waals surface area contributed by atoms with Gasteiger partial charge in [0, 0.05) is 6.42 Å². The fourth-order valence-corrected chi connectivity index (χ4v) is 3.46. The summed E-state index contributed by atoms with van der Waals surface area (Å²) in [6.45, 7) is -1.83. The molecular weight excluding hydrogens is 311 g/mol. The molecule has 1 heterocycles. The third-order valence-electron chi connectivity index (χ3n) is 4.49. The smallest absolute Gasteiger partial charge is 0.370 e. The van der Waals surface area contributed by atoms with Crippen molar-refractivity contribution in [3.8, 4) is 0 Å². The molecule has 1 saturated heterocycles. The molecule has 0 aromatic heterocycles. The van der Waals surface area contributed by atoms with E-state index in [1.807, 2.05) is 24.3 Å². The van der Waals surface area contributed by atoms with Crippen LogP contribution < -0.4 is 0 Å². The summed E-state index contributed by atoms with van der Waals surface area (Å²) in [6.07, 6.45) is -3.03. The monoisotopic (exact) mass is 327 g/mol. The molecule has 0 saturated carbocycles. The lowest BCUT2D eigenvalue weighted by Crippen LogP contribution is -2.39. The van der Waals surface area contributed by atoms with Gasteiger partial charge in [0.05, 0.1) is 18.6 Å². The van der Waals surface area contributed by atoms with Crippen molar-refractivity contribution in [2.24, 2.45) is 0 Å². The number of rotatable bonds is 4. The molecule has 1 fully saturated rings. The number of hydrogen-bond acceptors (Lipinski definition) is 3. The topological polar surface area (TPSA) is 46.6 Å². The van der Waals surface area contributed by atoms with Gasteiger partial charge >= 0.3 is 6.18 Å². The Morgan fingerprint density at radius 3 is 2.70 bits per heavy atom. The molecule has 1 aliphatic heterocycles. The molecule has 1 spiro atoms. The minimum atomic E-state index is -4.41. The highest BCUT2D eigenvalue weighted by atomic mass is 19.4. The second kappa shape index (κ2) is 5.63. The second-order valence-electron chi connectivity index (χ2n) is 5.93. The van der Waals surface area contributed by atoms with Gasteiger partial charge in [-0.05, 0) is 24.0 Å². The zero-order valence-corrected chi connectivity index (χ0v) is 12.4. The Morgan fingerprint density at radius 2 is 1.96 bits per heavy atom. The standard InChI is InChI=1S/C16H16F3NO3/c17-16(18,19)10-23-8-7-20-13(21)9-15(14(20)22)6-5-11-3-1-2-4-12(11)15/h1-4H,5-10H2/t15-/m1/s1. The molecular formula is C16H16F3NO3. The number of benzene rings is 1. The van der Waals surface area contributed by atoms with E-state index in [0.29, 0.717) is 6.42 Å². The molecule has 0 unspecified atom stereocenters. The first kappa shape index (κ1) is 16.0. The van der Waals surface area contributed by atoms with Gasteiger partial charge in [0.2, 0.25) is 11.8 Å². The van der Waals surface area contributed by atoms with E-state index in [9.17, 15) is 22.8 Å². The number of fused-ring (bicyclic) bond motifs is 2. The van der Waals surface area contributed by atoms with Gasteiger partial charge in [-0.2, -0.15) is 13.2 Å². The van der Waals surface area contributed by atoms with E-state index < -0.39 is 18.2 Å². The molecule has 1 aromatic rings. The van der Waals surface area contributed by atoms with Gasteiger partial charge < -0.3 is 4.74 Å². The molecule has 2 amide bonds. The summed E-state index contributed by atoms with van der Waals surface area (Å²) in [7, 11) is 0. The number of halogens is 3. The SMILES string of the molecule is O=C1C[C@@]2(CCc3ccccc32)C(=O)N1CCOCC(F)(F)F. The highest BCUT2D eigenvalue weighted by molar-refractivity contribution is 6.09. The van der Waals surface area contributed by atoms with Crippen molar-refractivity contribution < 1.29 is 27.5 Å². The van der Waals surface area contributed by atoms with Crippen molar-refractivity contribution in [2.45, 2.75) is 30.9 Å². The number of carbonyl (C=O) groups is 2. The third-order valence-corrected chi connectivity index (χ3v) is 4.49. The van der Waals surface area contributed by atoms with Crippen LogP contribution in [0, 0.1) is 0 Å². The minimum absolute atomic E-state index is 0.0854. The lowest BCUT2D eigenvalue weighted by molar-refractivity contribution is -0.174. The highest BCUT2D eigenvalue weighted by Gasteiger charge is 2.55. The summed E-state index contributed by atoms with van der Waals surface area (Å²) in [4.78, 5) is 25.9. The summed E-state index contributed by atoms with van der Waals surface area (Å²) in [5.74, 6) is -0.662. The molecule has 0 radical (unpaired) electrons. The zero-order chi connectivity index (χ0) is 16.7. The second-order valence-corrected chi connectivity index (χ2v) is 5.93. The van der Waals surface area contributed by atoms with Crippen molar-refractivity contribution >= 4 is 11.8 Å². The van der Waals surface area contributed by atoms with Gasteiger partial charge in [-0.1, -0.05) is 24.3 Å². The highest BCUT2D eigenvalue weighted by Crippen LogP contribution is 2.46. The van der Waals surface area contributed by atoms with Crippen molar-refractivity contribution in [1.29, 1.82) is 0 Å². The van der Waals surface area contributed by atoms with Gasteiger partial charge in [0.15, 0.2) is 0 Å². The Bertz CT molecular complexity index is 644. The quantitative estimate of drug-likeness (QED) is 0.629. The lowest BCUT2D eigenvalue weighted by Gasteiger charge is -2.22. The van der Waals surface area contributed by atoms with Crippen LogP contribution in [0.2, 0.25) is 0 Å². The summed E-state index contributed by atoms with van der Waals surface area (Å²) in [6, 6.07) is 7.52. The maximum atomic E-state index is 12.7. The van der Waals surface area contributed by atoms with Crippen molar-refractivity contribution in [2.75, 3.05) is 19.8 Å². The fraction of sp³-hybridized carbons (Fsp3) is 0.500. The van der Waals surface area contributed by atoms with E-state index in [0.717, 1.165) is 22.4 Å². The van der Waals surface area contributed by atoms with E-state index in [-0.39, 0.29) is 31.4 Å². The van der Waals surface area contributed by atoms with Crippen LogP contribution in [-0.2, 0) is 26.2 Å². The number of imide groups is 1. The number of likely N-dealkylation sites (tertiary alicyclic amines) is 1. The molecule has 2 aliphatic rings. The van der Waals surface area contributed by atoms with Crippen LogP contribution in [0.4, 0.5) is 13.2 Å². The normalized spacial score (nSPS) is 23.9. The molecule has 4 nitrogen and oxygen atoms in total. The summed E-state index contributed by atoms with van der Waals surface area (Å²) in [5, 5.41) is 0. The van der Waals surface area contributed by atoms with E-state index in [1.54, 1.807) is 0 Å². The van der Waals surface area contributed by atoms with Crippen LogP contribution in [0.3, 0.4) is 0 Å². The first-order valence-corrected chi connectivity index (χ1v) is 7.41. The minimum Gasteiger partial charge on any atom is -0.370 e. The molecule has 1 aliphatic carbocycles. The van der Waals surface area contributed by atoms with Gasteiger partial charge in [-0.25, -0.2) is 0 Å². The van der Waals surface area contributed by atoms with E-state index >= 15 is 0 Å². The molecule has 1 atom stereocenters. The number of alkyl halides is 3. The third kappa shape index (κ3) is 2.85. The average molecular weight is 327 g/mol. The van der Waals surface area contributed by atoms with Gasteiger partial charge in [0.25, 0.3) is 0 Å². The Labute approximate surface area is 131 Å². The van der Waals surface area contributed by atoms with E-state index in [1.165, 1.54) is 0 Å². The van der Waals surface area contributed by atoms with Crippen molar-refractivity contribution in [1.82, 2.24) is 4.90 Å². The average Bonchev–Trinajstić information content (AvgIpc) is 2.96. The molecule has 3 rings (SSSR count). The van der Waals surface area contributed by atoms with Crippen LogP contribution in [0.5, 0.6) is 0 Å². The predicted molar refractivity (Wildman–Crippen MR) is 74.7 cm³/mol. The Balaban J connectivity index is 1.69. The van der Waals surface area contributed by atoms with Crippen LogP contribution in [0.15, 0.2) is 24.3 Å². The van der Waals surface area contributed by atoms with Crippen LogP contribution in [0.1, 0.15) is 24.0 Å². The molecule has 0 bridgehead atoms. The molecule has 0 N–H and O–H groups in total. The van der Waals surface area contributed by atoms with Crippen molar-refractivity contribution in [3.63, 3.8) is 0 Å². The molecule has 1 aromatic carbocycles. The maximum Gasteiger partial charge on any atom is 0.411 e. The predicted octanol–water partition coefficient (Wildman–Crippen LogP) is 2.21. The number of ether oxygens (including phenoxy) is 1. The fourth-order valence-electron chi connectivity index (χ4n) is 3.46. The number of aryl methyl sites for hydroxylation is 1.